The number of benzene rings is 2. The van der Waals surface area contributed by atoms with Crippen molar-refractivity contribution in [2.75, 3.05) is 19.0 Å². The Morgan fingerprint density at radius 2 is 1.77 bits per heavy atom. The standard InChI is InChI=1S/C25H23ClF2N2O4S/c26-17-4-2-16(3-5-17)14-25-9-12-33-21(8-13-35(31,32)24-29-10-1-11-30-24)18(25)15-34-23-20(28)7-6-19(27)22(23)25/h1-7,10-11,18,21H,8-9,12-15H2/t18-,21-,25-/m0/s1. The monoisotopic (exact) mass is 520 g/mol. The summed E-state index contributed by atoms with van der Waals surface area (Å²) in [5, 5.41) is 0.326. The van der Waals surface area contributed by atoms with E-state index in [-0.39, 0.29) is 41.9 Å². The van der Waals surface area contributed by atoms with E-state index in [1.165, 1.54) is 12.4 Å². The highest BCUT2D eigenvalue weighted by molar-refractivity contribution is 7.91. The van der Waals surface area contributed by atoms with Crippen molar-refractivity contribution in [3.05, 3.63) is 82.6 Å². The van der Waals surface area contributed by atoms with Crippen molar-refractivity contribution in [1.29, 1.82) is 0 Å². The van der Waals surface area contributed by atoms with Gasteiger partial charge in [-0.05, 0) is 55.2 Å². The number of fused-ring (bicyclic) bond motifs is 3. The van der Waals surface area contributed by atoms with Crippen molar-refractivity contribution in [1.82, 2.24) is 9.97 Å². The van der Waals surface area contributed by atoms with Crippen molar-refractivity contribution in [3.63, 3.8) is 0 Å². The lowest BCUT2D eigenvalue weighted by atomic mass is 9.60. The highest BCUT2D eigenvalue weighted by Gasteiger charge is 2.53. The van der Waals surface area contributed by atoms with E-state index < -0.39 is 38.9 Å². The van der Waals surface area contributed by atoms with E-state index in [2.05, 4.69) is 9.97 Å². The van der Waals surface area contributed by atoms with Crippen molar-refractivity contribution in [2.24, 2.45) is 5.92 Å². The molecule has 5 rings (SSSR count). The Morgan fingerprint density at radius 1 is 1.06 bits per heavy atom. The zero-order valence-corrected chi connectivity index (χ0v) is 20.2. The van der Waals surface area contributed by atoms with Crippen LogP contribution in [0.5, 0.6) is 5.75 Å². The first-order valence-electron chi connectivity index (χ1n) is 11.3. The molecule has 0 spiro atoms. The largest absolute Gasteiger partial charge is 0.490 e. The number of rotatable bonds is 6. The molecule has 3 heterocycles. The molecule has 0 unspecified atom stereocenters. The lowest BCUT2D eigenvalue weighted by Crippen LogP contribution is -2.55. The second-order valence-corrected chi connectivity index (χ2v) is 11.3. The van der Waals surface area contributed by atoms with Gasteiger partial charge in [-0.25, -0.2) is 27.2 Å². The summed E-state index contributed by atoms with van der Waals surface area (Å²) >= 11 is 6.06. The number of hydrogen-bond donors (Lipinski definition) is 0. The van der Waals surface area contributed by atoms with Crippen molar-refractivity contribution in [2.45, 2.75) is 35.9 Å². The molecule has 10 heteroatoms. The number of ether oxygens (including phenoxy) is 2. The van der Waals surface area contributed by atoms with E-state index in [0.717, 1.165) is 17.7 Å². The minimum Gasteiger partial charge on any atom is -0.490 e. The molecule has 0 bridgehead atoms. The van der Waals surface area contributed by atoms with Crippen LogP contribution in [-0.4, -0.2) is 43.5 Å². The fourth-order valence-corrected chi connectivity index (χ4v) is 6.60. The Kier molecular flexibility index (Phi) is 6.50. The third-order valence-corrected chi connectivity index (χ3v) is 8.72. The number of halogens is 3. The van der Waals surface area contributed by atoms with Crippen LogP contribution in [0.15, 0.2) is 60.0 Å². The molecule has 0 aliphatic carbocycles. The molecule has 0 N–H and O–H groups in total. The smallest absolute Gasteiger partial charge is 0.246 e. The predicted octanol–water partition coefficient (Wildman–Crippen LogP) is 4.55. The van der Waals surface area contributed by atoms with Gasteiger partial charge in [-0.3, -0.25) is 0 Å². The fourth-order valence-electron chi connectivity index (χ4n) is 5.31. The van der Waals surface area contributed by atoms with Crippen LogP contribution in [0.2, 0.25) is 5.02 Å². The summed E-state index contributed by atoms with van der Waals surface area (Å²) in [6.07, 6.45) is 3.17. The van der Waals surface area contributed by atoms with E-state index in [9.17, 15) is 12.8 Å². The Hall–Kier alpha value is -2.62. The number of nitrogens with zero attached hydrogens (tertiary/aromatic N) is 2. The van der Waals surface area contributed by atoms with Gasteiger partial charge in [0, 0.05) is 40.9 Å². The van der Waals surface area contributed by atoms with Gasteiger partial charge in [0.05, 0.1) is 18.5 Å². The molecule has 184 valence electrons. The molecular weight excluding hydrogens is 498 g/mol. The van der Waals surface area contributed by atoms with Crippen molar-refractivity contribution >= 4 is 21.4 Å². The summed E-state index contributed by atoms with van der Waals surface area (Å²) in [5.41, 5.74) is 0.247. The lowest BCUT2D eigenvalue weighted by Gasteiger charge is -2.51. The fraction of sp³-hybridized carbons (Fsp3) is 0.360. The van der Waals surface area contributed by atoms with E-state index >= 15 is 4.39 Å². The molecule has 0 radical (unpaired) electrons. The molecule has 1 fully saturated rings. The molecule has 1 aromatic heterocycles. The van der Waals surface area contributed by atoms with Crippen molar-refractivity contribution in [3.8, 4) is 5.75 Å². The molecule has 3 aromatic rings. The second kappa shape index (κ2) is 9.44. The molecule has 2 aliphatic heterocycles. The van der Waals surface area contributed by atoms with Crippen LogP contribution in [0, 0.1) is 17.6 Å². The van der Waals surface area contributed by atoms with Gasteiger partial charge >= 0.3 is 0 Å². The Labute approximate surface area is 207 Å². The Bertz CT molecular complexity index is 1330. The van der Waals surface area contributed by atoms with Crippen molar-refractivity contribution < 1.29 is 26.7 Å². The van der Waals surface area contributed by atoms with E-state index in [4.69, 9.17) is 21.1 Å². The Morgan fingerprint density at radius 3 is 2.51 bits per heavy atom. The lowest BCUT2D eigenvalue weighted by molar-refractivity contribution is -0.0963. The molecule has 6 nitrogen and oxygen atoms in total. The van der Waals surface area contributed by atoms with Crippen LogP contribution in [-0.2, 0) is 26.4 Å². The summed E-state index contributed by atoms with van der Waals surface area (Å²) in [6, 6.07) is 11.0. The number of aromatic nitrogens is 2. The molecule has 35 heavy (non-hydrogen) atoms. The average Bonchev–Trinajstić information content (AvgIpc) is 2.86. The molecule has 0 saturated carbocycles. The topological polar surface area (TPSA) is 78.4 Å². The molecule has 2 aliphatic rings. The van der Waals surface area contributed by atoms with E-state index in [1.54, 1.807) is 18.2 Å². The molecule has 3 atom stereocenters. The normalized spacial score (nSPS) is 23.7. The van der Waals surface area contributed by atoms with Gasteiger partial charge < -0.3 is 9.47 Å². The third-order valence-electron chi connectivity index (χ3n) is 6.93. The predicted molar refractivity (Wildman–Crippen MR) is 125 cm³/mol. The Balaban J connectivity index is 1.52. The highest BCUT2D eigenvalue weighted by Crippen LogP contribution is 2.52. The summed E-state index contributed by atoms with van der Waals surface area (Å²) in [6.45, 7) is 0.347. The van der Waals surface area contributed by atoms with E-state index in [1.807, 2.05) is 12.1 Å². The van der Waals surface area contributed by atoms with Crippen LogP contribution in [0.25, 0.3) is 0 Å². The molecular formula is C25H23ClF2N2O4S. The maximum absolute atomic E-state index is 15.3. The van der Waals surface area contributed by atoms with Gasteiger partial charge in [0.25, 0.3) is 0 Å². The molecule has 2 aromatic carbocycles. The quantitative estimate of drug-likeness (QED) is 0.444. The maximum Gasteiger partial charge on any atom is 0.246 e. The summed E-state index contributed by atoms with van der Waals surface area (Å²) in [4.78, 5) is 7.71. The zero-order valence-electron chi connectivity index (χ0n) is 18.7. The number of sulfone groups is 1. The van der Waals surface area contributed by atoms with E-state index in [0.29, 0.717) is 17.9 Å². The minimum absolute atomic E-state index is 0.0769. The third kappa shape index (κ3) is 4.52. The first-order chi connectivity index (χ1) is 16.8. The first-order valence-corrected chi connectivity index (χ1v) is 13.3. The van der Waals surface area contributed by atoms with Gasteiger partial charge in [0.15, 0.2) is 11.6 Å². The molecule has 1 saturated heterocycles. The average molecular weight is 521 g/mol. The SMILES string of the molecule is O=S(=O)(CC[C@@H]1OCC[C@@]2(Cc3ccc(Cl)cc3)c3c(F)ccc(F)c3OC[C@@H]12)c1ncccn1. The van der Waals surface area contributed by atoms with Gasteiger partial charge in [0.1, 0.15) is 5.82 Å². The van der Waals surface area contributed by atoms with Crippen LogP contribution in [0.3, 0.4) is 0 Å². The highest BCUT2D eigenvalue weighted by atomic mass is 35.5. The van der Waals surface area contributed by atoms with Crippen LogP contribution < -0.4 is 4.74 Å². The van der Waals surface area contributed by atoms with Crippen LogP contribution in [0.4, 0.5) is 8.78 Å². The van der Waals surface area contributed by atoms with Gasteiger partial charge in [-0.1, -0.05) is 23.7 Å². The summed E-state index contributed by atoms with van der Waals surface area (Å²) in [5.74, 6) is -1.90. The maximum atomic E-state index is 15.3. The summed E-state index contributed by atoms with van der Waals surface area (Å²) < 4.78 is 67.4. The first kappa shape index (κ1) is 24.1. The van der Waals surface area contributed by atoms with Crippen LogP contribution >= 0.6 is 11.6 Å². The van der Waals surface area contributed by atoms with Gasteiger partial charge in [0.2, 0.25) is 15.0 Å². The zero-order chi connectivity index (χ0) is 24.6. The van der Waals surface area contributed by atoms with Gasteiger partial charge in [-0.2, -0.15) is 0 Å². The minimum atomic E-state index is -3.75. The second-order valence-electron chi connectivity index (χ2n) is 8.91. The van der Waals surface area contributed by atoms with Gasteiger partial charge in [-0.15, -0.1) is 0 Å². The summed E-state index contributed by atoms with van der Waals surface area (Å²) in [7, 11) is -3.75. The molecule has 0 amide bonds. The van der Waals surface area contributed by atoms with Crippen LogP contribution in [0.1, 0.15) is 24.0 Å². The number of hydrogen-bond acceptors (Lipinski definition) is 6.